The molecule has 1 aromatic carbocycles. The molecule has 1 aromatic rings. The molecule has 2 nitrogen and oxygen atoms in total. The van der Waals surface area contributed by atoms with E-state index in [-0.39, 0.29) is 0 Å². The lowest BCUT2D eigenvalue weighted by molar-refractivity contribution is 0.404. The minimum absolute atomic E-state index is 0.863. The minimum atomic E-state index is 0.863. The molecule has 0 bridgehead atoms. The molecule has 1 saturated heterocycles. The lowest BCUT2D eigenvalue weighted by Gasteiger charge is -2.34. The van der Waals surface area contributed by atoms with Crippen molar-refractivity contribution in [1.29, 1.82) is 0 Å². The van der Waals surface area contributed by atoms with Crippen LogP contribution in [0.25, 0.3) is 0 Å². The van der Waals surface area contributed by atoms with Gasteiger partial charge in [-0.3, -0.25) is 0 Å². The topological polar surface area (TPSA) is 15.3 Å². The highest BCUT2D eigenvalue weighted by Gasteiger charge is 2.20. The fourth-order valence-corrected chi connectivity index (χ4v) is 3.48. The largest absolute Gasteiger partial charge is 0.370 e. The van der Waals surface area contributed by atoms with Crippen LogP contribution < -0.4 is 10.2 Å². The molecule has 1 fully saturated rings. The van der Waals surface area contributed by atoms with Crippen molar-refractivity contribution in [1.82, 2.24) is 5.32 Å². The predicted molar refractivity (Wildman–Crippen MR) is 86.8 cm³/mol. The molecule has 1 aliphatic heterocycles. The van der Waals surface area contributed by atoms with Crippen molar-refractivity contribution in [2.75, 3.05) is 24.5 Å². The summed E-state index contributed by atoms with van der Waals surface area (Å²) in [7, 11) is 0. The van der Waals surface area contributed by atoms with E-state index in [1.54, 1.807) is 0 Å². The Labute approximate surface area is 125 Å². The van der Waals surface area contributed by atoms with Crippen LogP contribution in [-0.2, 0) is 6.54 Å². The summed E-state index contributed by atoms with van der Waals surface area (Å²) in [5.74, 6) is 0.863. The molecule has 3 heteroatoms. The summed E-state index contributed by atoms with van der Waals surface area (Å²) in [6, 6.07) is 6.78. The van der Waals surface area contributed by atoms with Crippen LogP contribution in [0.5, 0.6) is 0 Å². The Balaban J connectivity index is 2.07. The molecule has 2 rings (SSSR count). The maximum atomic E-state index is 3.75. The van der Waals surface area contributed by atoms with Gasteiger partial charge in [-0.15, -0.1) is 0 Å². The summed E-state index contributed by atoms with van der Waals surface area (Å²) >= 11 is 3.75. The monoisotopic (exact) mass is 324 g/mol. The molecular formula is C16H25BrN2. The van der Waals surface area contributed by atoms with E-state index in [4.69, 9.17) is 0 Å². The minimum Gasteiger partial charge on any atom is -0.370 e. The zero-order valence-corrected chi connectivity index (χ0v) is 13.7. The molecule has 106 valence electrons. The lowest BCUT2D eigenvalue weighted by atomic mass is 9.95. The third-order valence-electron chi connectivity index (χ3n) is 4.03. The molecule has 1 unspecified atom stereocenters. The van der Waals surface area contributed by atoms with Crippen LogP contribution in [0.15, 0.2) is 22.7 Å². The second-order valence-electron chi connectivity index (χ2n) is 5.43. The average Bonchev–Trinajstić information content (AvgIpc) is 2.45. The van der Waals surface area contributed by atoms with Gasteiger partial charge in [0.25, 0.3) is 0 Å². The van der Waals surface area contributed by atoms with E-state index in [9.17, 15) is 0 Å². The highest BCUT2D eigenvalue weighted by Crippen LogP contribution is 2.31. The number of piperidine rings is 1. The third-order valence-corrected chi connectivity index (χ3v) is 4.66. The van der Waals surface area contributed by atoms with Gasteiger partial charge >= 0.3 is 0 Å². The summed E-state index contributed by atoms with van der Waals surface area (Å²) in [6.07, 6.45) is 4.01. The van der Waals surface area contributed by atoms with Gasteiger partial charge in [-0.2, -0.15) is 0 Å². The van der Waals surface area contributed by atoms with Gasteiger partial charge in [0, 0.05) is 24.1 Å². The molecule has 0 radical (unpaired) electrons. The average molecular weight is 325 g/mol. The fraction of sp³-hybridized carbons (Fsp3) is 0.625. The normalized spacial score (nSPS) is 19.7. The number of hydrogen-bond acceptors (Lipinski definition) is 2. The van der Waals surface area contributed by atoms with Gasteiger partial charge in [-0.05, 0) is 58.9 Å². The van der Waals surface area contributed by atoms with E-state index in [0.29, 0.717) is 0 Å². The zero-order chi connectivity index (χ0) is 13.7. The second-order valence-corrected chi connectivity index (χ2v) is 6.28. The highest BCUT2D eigenvalue weighted by molar-refractivity contribution is 9.10. The summed E-state index contributed by atoms with van der Waals surface area (Å²) in [5, 5.41) is 3.37. The van der Waals surface area contributed by atoms with Crippen LogP contribution >= 0.6 is 15.9 Å². The van der Waals surface area contributed by atoms with Gasteiger partial charge in [0.1, 0.15) is 0 Å². The van der Waals surface area contributed by atoms with Crippen molar-refractivity contribution in [2.24, 2.45) is 5.92 Å². The van der Waals surface area contributed by atoms with E-state index < -0.39 is 0 Å². The quantitative estimate of drug-likeness (QED) is 0.873. The number of nitrogens with one attached hydrogen (secondary N) is 1. The molecular weight excluding hydrogens is 300 g/mol. The Hall–Kier alpha value is -0.540. The second kappa shape index (κ2) is 7.30. The Kier molecular flexibility index (Phi) is 5.71. The molecule has 0 saturated carbocycles. The Bertz CT molecular complexity index is 406. The molecule has 0 amide bonds. The third kappa shape index (κ3) is 3.96. The van der Waals surface area contributed by atoms with Crippen LogP contribution in [0.2, 0.25) is 0 Å². The lowest BCUT2D eigenvalue weighted by Crippen LogP contribution is -2.35. The van der Waals surface area contributed by atoms with Gasteiger partial charge in [-0.25, -0.2) is 0 Å². The van der Waals surface area contributed by atoms with E-state index in [1.165, 1.54) is 48.1 Å². The first-order valence-corrected chi connectivity index (χ1v) is 8.28. The molecule has 19 heavy (non-hydrogen) atoms. The maximum Gasteiger partial charge on any atom is 0.0510 e. The van der Waals surface area contributed by atoms with E-state index in [0.717, 1.165) is 19.0 Å². The molecule has 0 aliphatic carbocycles. The van der Waals surface area contributed by atoms with Gasteiger partial charge in [0.15, 0.2) is 0 Å². The van der Waals surface area contributed by atoms with Gasteiger partial charge in [-0.1, -0.05) is 26.3 Å². The van der Waals surface area contributed by atoms with Crippen molar-refractivity contribution < 1.29 is 0 Å². The first kappa shape index (κ1) is 14.9. The van der Waals surface area contributed by atoms with Crippen LogP contribution in [0.3, 0.4) is 0 Å². The number of hydrogen-bond donors (Lipinski definition) is 1. The standard InChI is InChI=1S/C16H25BrN2/c1-3-13-6-5-9-19(12-13)16-8-7-14(10-15(16)17)11-18-4-2/h7-8,10,13,18H,3-6,9,11-12H2,1-2H3. The first-order valence-electron chi connectivity index (χ1n) is 7.48. The van der Waals surface area contributed by atoms with Crippen molar-refractivity contribution in [3.05, 3.63) is 28.2 Å². The van der Waals surface area contributed by atoms with Crippen LogP contribution in [0.4, 0.5) is 5.69 Å². The highest BCUT2D eigenvalue weighted by atomic mass is 79.9. The molecule has 1 N–H and O–H groups in total. The predicted octanol–water partition coefficient (Wildman–Crippen LogP) is 4.19. The molecule has 0 aromatic heterocycles. The smallest absolute Gasteiger partial charge is 0.0510 e. The summed E-state index contributed by atoms with van der Waals surface area (Å²) in [5.41, 5.74) is 2.71. The van der Waals surface area contributed by atoms with E-state index >= 15 is 0 Å². The fourth-order valence-electron chi connectivity index (χ4n) is 2.80. The van der Waals surface area contributed by atoms with E-state index in [2.05, 4.69) is 58.2 Å². The van der Waals surface area contributed by atoms with Crippen LogP contribution in [0.1, 0.15) is 38.7 Å². The molecule has 0 spiro atoms. The number of anilines is 1. The van der Waals surface area contributed by atoms with Crippen molar-refractivity contribution in [3.8, 4) is 0 Å². The Morgan fingerprint density at radius 1 is 1.37 bits per heavy atom. The number of rotatable bonds is 5. The maximum absolute atomic E-state index is 3.75. The van der Waals surface area contributed by atoms with Gasteiger partial charge in [0.2, 0.25) is 0 Å². The summed E-state index contributed by atoms with van der Waals surface area (Å²) in [4.78, 5) is 2.54. The van der Waals surface area contributed by atoms with Crippen molar-refractivity contribution in [2.45, 2.75) is 39.7 Å². The van der Waals surface area contributed by atoms with Crippen LogP contribution in [0, 0.1) is 5.92 Å². The molecule has 1 aliphatic rings. The molecule has 1 atom stereocenters. The zero-order valence-electron chi connectivity index (χ0n) is 12.1. The molecule has 1 heterocycles. The Morgan fingerprint density at radius 3 is 2.89 bits per heavy atom. The summed E-state index contributed by atoms with van der Waals surface area (Å²) < 4.78 is 1.24. The number of halogens is 1. The van der Waals surface area contributed by atoms with Crippen molar-refractivity contribution >= 4 is 21.6 Å². The Morgan fingerprint density at radius 2 is 2.21 bits per heavy atom. The SMILES string of the molecule is CCNCc1ccc(N2CCCC(CC)C2)c(Br)c1. The number of benzene rings is 1. The number of nitrogens with zero attached hydrogens (tertiary/aromatic N) is 1. The van der Waals surface area contributed by atoms with Crippen LogP contribution in [-0.4, -0.2) is 19.6 Å². The van der Waals surface area contributed by atoms with Crippen molar-refractivity contribution in [3.63, 3.8) is 0 Å². The summed E-state index contributed by atoms with van der Waals surface area (Å²) in [6.45, 7) is 8.82. The van der Waals surface area contributed by atoms with Gasteiger partial charge < -0.3 is 10.2 Å². The van der Waals surface area contributed by atoms with Gasteiger partial charge in [0.05, 0.1) is 5.69 Å². The first-order chi connectivity index (χ1) is 9.24. The van der Waals surface area contributed by atoms with E-state index in [1.807, 2.05) is 0 Å².